The second-order valence-corrected chi connectivity index (χ2v) is 12.6. The van der Waals surface area contributed by atoms with Crippen molar-refractivity contribution >= 4 is 29.1 Å². The first-order valence-electron chi connectivity index (χ1n) is 15.7. The van der Waals surface area contributed by atoms with Crippen LogP contribution in [0.4, 0.5) is 4.39 Å². The molecular formula is C34H36Cl2FN7O4. The molecule has 2 fully saturated rings. The second-order valence-electron chi connectivity index (χ2n) is 11.8. The van der Waals surface area contributed by atoms with E-state index in [1.165, 1.54) is 7.11 Å². The van der Waals surface area contributed by atoms with Crippen molar-refractivity contribution in [2.45, 2.75) is 50.7 Å². The summed E-state index contributed by atoms with van der Waals surface area (Å²) in [5.41, 5.74) is 4.90. The summed E-state index contributed by atoms with van der Waals surface area (Å²) < 4.78 is 25.2. The largest absolute Gasteiger partial charge is 0.480 e. The molecule has 0 aliphatic carbocycles. The fraction of sp³-hybridized carbons (Fsp3) is 0.382. The van der Waals surface area contributed by atoms with E-state index in [2.05, 4.69) is 20.6 Å². The number of methoxy groups -OCH3 is 2. The van der Waals surface area contributed by atoms with Gasteiger partial charge >= 0.3 is 0 Å². The van der Waals surface area contributed by atoms with E-state index in [-0.39, 0.29) is 18.5 Å². The molecule has 3 atom stereocenters. The van der Waals surface area contributed by atoms with Crippen LogP contribution in [0.25, 0.3) is 33.6 Å². The quantitative estimate of drug-likeness (QED) is 0.200. The highest BCUT2D eigenvalue weighted by molar-refractivity contribution is 6.39. The minimum Gasteiger partial charge on any atom is -0.480 e. The number of rotatable bonds is 11. The Labute approximate surface area is 287 Å². The van der Waals surface area contributed by atoms with Crippen LogP contribution in [-0.2, 0) is 17.9 Å². The molecule has 0 radical (unpaired) electrons. The van der Waals surface area contributed by atoms with E-state index in [9.17, 15) is 14.3 Å². The maximum Gasteiger partial charge on any atom is 0.237 e. The number of hydrogen-bond acceptors (Lipinski definition) is 10. The Hall–Kier alpha value is -3.94. The molecule has 14 heteroatoms. The molecule has 0 bridgehead atoms. The van der Waals surface area contributed by atoms with Crippen LogP contribution in [0.1, 0.15) is 30.7 Å². The number of likely N-dealkylation sites (tertiary alicyclic amines) is 1. The monoisotopic (exact) mass is 695 g/mol. The van der Waals surface area contributed by atoms with Crippen molar-refractivity contribution in [1.29, 1.82) is 0 Å². The molecule has 2 aromatic carbocycles. The van der Waals surface area contributed by atoms with Crippen molar-refractivity contribution in [2.24, 2.45) is 0 Å². The Balaban J connectivity index is 1.23. The van der Waals surface area contributed by atoms with E-state index in [0.29, 0.717) is 106 Å². The maximum atomic E-state index is 14.1. The molecular weight excluding hydrogens is 660 g/mol. The number of nitrogens with one attached hydrogen (secondary N) is 2. The van der Waals surface area contributed by atoms with Gasteiger partial charge in [0.05, 0.1) is 54.2 Å². The molecule has 4 aromatic rings. The van der Waals surface area contributed by atoms with Crippen molar-refractivity contribution in [3.63, 3.8) is 0 Å². The number of piperidine rings is 1. The lowest BCUT2D eigenvalue weighted by atomic mass is 9.98. The van der Waals surface area contributed by atoms with Crippen molar-refractivity contribution in [3.8, 4) is 45.4 Å². The fourth-order valence-electron chi connectivity index (χ4n) is 5.99. The van der Waals surface area contributed by atoms with Crippen LogP contribution in [0.5, 0.6) is 11.8 Å². The van der Waals surface area contributed by atoms with Gasteiger partial charge < -0.3 is 25.2 Å². The van der Waals surface area contributed by atoms with Gasteiger partial charge in [-0.05, 0) is 12.8 Å². The van der Waals surface area contributed by atoms with Crippen molar-refractivity contribution in [2.75, 3.05) is 33.9 Å². The summed E-state index contributed by atoms with van der Waals surface area (Å²) in [6, 6.07) is 11.3. The van der Waals surface area contributed by atoms with Gasteiger partial charge in [0.1, 0.15) is 17.6 Å². The summed E-state index contributed by atoms with van der Waals surface area (Å²) >= 11 is 14.0. The third kappa shape index (κ3) is 7.37. The molecule has 48 heavy (non-hydrogen) atoms. The number of amides is 1. The number of ether oxygens (including phenoxy) is 2. The number of halogens is 3. The van der Waals surface area contributed by atoms with Crippen molar-refractivity contribution in [1.82, 2.24) is 35.5 Å². The summed E-state index contributed by atoms with van der Waals surface area (Å²) in [4.78, 5) is 32.0. The van der Waals surface area contributed by atoms with Crippen LogP contribution >= 0.6 is 23.2 Å². The molecule has 252 valence electrons. The van der Waals surface area contributed by atoms with E-state index in [1.807, 2.05) is 41.3 Å². The third-order valence-electron chi connectivity index (χ3n) is 8.58. The molecule has 4 heterocycles. The summed E-state index contributed by atoms with van der Waals surface area (Å²) in [5, 5.41) is 16.9. The Bertz CT molecular complexity index is 1800. The molecule has 2 aliphatic rings. The molecule has 0 unspecified atom stereocenters. The highest BCUT2D eigenvalue weighted by Gasteiger charge is 2.28. The van der Waals surface area contributed by atoms with Crippen LogP contribution in [0.3, 0.4) is 0 Å². The Morgan fingerprint density at radius 3 is 2.08 bits per heavy atom. The van der Waals surface area contributed by atoms with Gasteiger partial charge in [-0.2, -0.15) is 0 Å². The summed E-state index contributed by atoms with van der Waals surface area (Å²) in [7, 11) is 3.05. The first kappa shape index (κ1) is 33.9. The summed E-state index contributed by atoms with van der Waals surface area (Å²) in [5.74, 6) is 0.756. The van der Waals surface area contributed by atoms with E-state index >= 15 is 0 Å². The van der Waals surface area contributed by atoms with Gasteiger partial charge in [0, 0.05) is 67.4 Å². The predicted octanol–water partition coefficient (Wildman–Crippen LogP) is 4.86. The molecule has 2 aliphatic heterocycles. The SMILES string of the molecule is COc1nc(-c2cccc(-c3cccc(-c4cnc(CN5CC[C@H](O)[C@@H](F)C5)c(OC)n4)c3Cl)c2Cl)cnc1CNC[C@@H]1CCC(=O)N1. The number of aromatic nitrogens is 4. The smallest absolute Gasteiger partial charge is 0.237 e. The van der Waals surface area contributed by atoms with Gasteiger partial charge in [-0.25, -0.2) is 14.4 Å². The van der Waals surface area contributed by atoms with E-state index < -0.39 is 12.3 Å². The molecule has 0 saturated carbocycles. The van der Waals surface area contributed by atoms with E-state index in [4.69, 9.17) is 42.6 Å². The van der Waals surface area contributed by atoms with E-state index in [0.717, 1.165) is 6.42 Å². The standard InChI is InChI=1S/C34H36Cl2FN7O4/c1-47-33-27(14-38-13-19-9-10-30(46)41-19)39-15-25(42-33)22-7-3-5-20(31(22)35)21-6-4-8-23(32(21)36)26-16-40-28(34(43-26)48-2)18-44-12-11-29(45)24(37)17-44/h3-8,15-16,19,24,29,38,45H,9-14,17-18H2,1-2H3,(H,41,46)/t19-,24-,29-/m0/s1. The molecule has 11 nitrogen and oxygen atoms in total. The Kier molecular flexibility index (Phi) is 10.7. The van der Waals surface area contributed by atoms with Gasteiger partial charge in [0.25, 0.3) is 0 Å². The van der Waals surface area contributed by atoms with Crippen LogP contribution in [0, 0.1) is 0 Å². The molecule has 1 amide bonds. The minimum atomic E-state index is -1.31. The molecule has 3 N–H and O–H groups in total. The molecule has 0 spiro atoms. The zero-order valence-electron chi connectivity index (χ0n) is 26.5. The number of hydrogen-bond donors (Lipinski definition) is 3. The lowest BCUT2D eigenvalue weighted by Gasteiger charge is -2.31. The number of benzene rings is 2. The predicted molar refractivity (Wildman–Crippen MR) is 181 cm³/mol. The number of aliphatic hydroxyl groups excluding tert-OH is 1. The maximum absolute atomic E-state index is 14.1. The first-order valence-corrected chi connectivity index (χ1v) is 16.4. The molecule has 2 aromatic heterocycles. The van der Waals surface area contributed by atoms with Crippen molar-refractivity contribution in [3.05, 3.63) is 70.2 Å². The third-order valence-corrected chi connectivity index (χ3v) is 9.40. The lowest BCUT2D eigenvalue weighted by Crippen LogP contribution is -2.44. The number of nitrogens with zero attached hydrogens (tertiary/aromatic N) is 5. The molecule has 2 saturated heterocycles. The van der Waals surface area contributed by atoms with Gasteiger partial charge in [-0.15, -0.1) is 0 Å². The number of carbonyl (C=O) groups excluding carboxylic acids is 1. The number of carbonyl (C=O) groups is 1. The van der Waals surface area contributed by atoms with Gasteiger partial charge in [-0.3, -0.25) is 19.7 Å². The fourth-order valence-corrected chi connectivity index (χ4v) is 6.64. The lowest BCUT2D eigenvalue weighted by molar-refractivity contribution is -0.119. The van der Waals surface area contributed by atoms with Gasteiger partial charge in [-0.1, -0.05) is 59.6 Å². The van der Waals surface area contributed by atoms with Gasteiger partial charge in [0.2, 0.25) is 17.7 Å². The van der Waals surface area contributed by atoms with Crippen LogP contribution in [-0.4, -0.2) is 88.0 Å². The average molecular weight is 697 g/mol. The van der Waals surface area contributed by atoms with Crippen LogP contribution < -0.4 is 20.1 Å². The van der Waals surface area contributed by atoms with E-state index in [1.54, 1.807) is 19.5 Å². The Morgan fingerprint density at radius 1 is 0.938 bits per heavy atom. The first-order chi connectivity index (χ1) is 23.2. The number of alkyl halides is 1. The summed E-state index contributed by atoms with van der Waals surface area (Å²) in [6.07, 6.45) is 2.73. The van der Waals surface area contributed by atoms with Crippen LogP contribution in [0.15, 0.2) is 48.8 Å². The highest BCUT2D eigenvalue weighted by atomic mass is 35.5. The average Bonchev–Trinajstić information content (AvgIpc) is 3.51. The zero-order chi connectivity index (χ0) is 33.8. The van der Waals surface area contributed by atoms with Gasteiger partial charge in [0.15, 0.2) is 0 Å². The Morgan fingerprint density at radius 2 is 1.52 bits per heavy atom. The highest BCUT2D eigenvalue weighted by Crippen LogP contribution is 2.42. The normalized spacial score (nSPS) is 19.7. The molecule has 6 rings (SSSR count). The number of aliphatic hydroxyl groups is 1. The van der Waals surface area contributed by atoms with Crippen molar-refractivity contribution < 1.29 is 23.8 Å². The summed E-state index contributed by atoms with van der Waals surface area (Å²) in [6.45, 7) is 2.05. The topological polar surface area (TPSA) is 135 Å². The zero-order valence-corrected chi connectivity index (χ0v) is 28.1. The minimum absolute atomic E-state index is 0.0736. The van der Waals surface area contributed by atoms with Crippen LogP contribution in [0.2, 0.25) is 10.0 Å². The second kappa shape index (κ2) is 15.1.